The molecule has 1 atom stereocenters. The SMILES string of the molecule is NC(=O)OCCN(C1CC1)C(CC(F)(F)F)c1cccc(Br)c1F. The summed E-state index contributed by atoms with van der Waals surface area (Å²) in [6, 6.07) is 3.00. The van der Waals surface area contributed by atoms with Crippen molar-refractivity contribution in [2.75, 3.05) is 13.2 Å². The van der Waals surface area contributed by atoms with Crippen molar-refractivity contribution in [2.24, 2.45) is 5.73 Å². The molecule has 134 valence electrons. The number of carbonyl (C=O) groups excluding carboxylic acids is 1. The van der Waals surface area contributed by atoms with Crippen molar-refractivity contribution < 1.29 is 27.1 Å². The third-order valence-electron chi connectivity index (χ3n) is 3.78. The van der Waals surface area contributed by atoms with E-state index in [2.05, 4.69) is 20.7 Å². The van der Waals surface area contributed by atoms with Crippen LogP contribution in [0, 0.1) is 5.82 Å². The first kappa shape index (κ1) is 19.0. The highest BCUT2D eigenvalue weighted by Crippen LogP contribution is 2.41. The Bertz CT molecular complexity index is 593. The van der Waals surface area contributed by atoms with Gasteiger partial charge in [0.1, 0.15) is 12.4 Å². The van der Waals surface area contributed by atoms with Crippen LogP contribution >= 0.6 is 15.9 Å². The van der Waals surface area contributed by atoms with Gasteiger partial charge in [-0.15, -0.1) is 0 Å². The molecule has 1 unspecified atom stereocenters. The second-order valence-electron chi connectivity index (χ2n) is 5.61. The molecular formula is C15H17BrF4N2O2. The Labute approximate surface area is 145 Å². The van der Waals surface area contributed by atoms with E-state index < -0.39 is 30.5 Å². The van der Waals surface area contributed by atoms with Crippen LogP contribution in [0.15, 0.2) is 22.7 Å². The van der Waals surface area contributed by atoms with E-state index in [0.717, 1.165) is 12.8 Å². The summed E-state index contributed by atoms with van der Waals surface area (Å²) in [5, 5.41) is 0. The molecule has 1 saturated carbocycles. The lowest BCUT2D eigenvalue weighted by atomic mass is 10.0. The molecule has 4 nitrogen and oxygen atoms in total. The highest BCUT2D eigenvalue weighted by atomic mass is 79.9. The van der Waals surface area contributed by atoms with Gasteiger partial charge in [-0.3, -0.25) is 4.90 Å². The minimum absolute atomic E-state index is 0.0346. The van der Waals surface area contributed by atoms with E-state index in [1.165, 1.54) is 18.2 Å². The number of rotatable bonds is 7. The first-order valence-corrected chi connectivity index (χ1v) is 8.17. The Morgan fingerprint density at radius 2 is 2.08 bits per heavy atom. The van der Waals surface area contributed by atoms with E-state index in [-0.39, 0.29) is 29.2 Å². The van der Waals surface area contributed by atoms with E-state index in [9.17, 15) is 22.4 Å². The second kappa shape index (κ2) is 7.69. The number of amides is 1. The summed E-state index contributed by atoms with van der Waals surface area (Å²) in [4.78, 5) is 12.2. The van der Waals surface area contributed by atoms with Crippen LogP contribution < -0.4 is 5.73 Å². The summed E-state index contributed by atoms with van der Waals surface area (Å²) in [5.74, 6) is -0.715. The molecule has 2 N–H and O–H groups in total. The molecule has 24 heavy (non-hydrogen) atoms. The first-order valence-electron chi connectivity index (χ1n) is 7.37. The van der Waals surface area contributed by atoms with Crippen LogP contribution in [0.1, 0.15) is 30.9 Å². The van der Waals surface area contributed by atoms with E-state index in [1.807, 2.05) is 0 Å². The van der Waals surface area contributed by atoms with Crippen molar-refractivity contribution in [1.29, 1.82) is 0 Å². The number of ether oxygens (including phenoxy) is 1. The molecule has 1 aliphatic rings. The average Bonchev–Trinajstić information content (AvgIpc) is 3.28. The van der Waals surface area contributed by atoms with Crippen LogP contribution in [-0.2, 0) is 4.74 Å². The smallest absolute Gasteiger partial charge is 0.404 e. The molecule has 0 heterocycles. The topological polar surface area (TPSA) is 55.6 Å². The zero-order valence-electron chi connectivity index (χ0n) is 12.7. The van der Waals surface area contributed by atoms with E-state index >= 15 is 0 Å². The second-order valence-corrected chi connectivity index (χ2v) is 6.47. The zero-order valence-corrected chi connectivity index (χ0v) is 14.2. The van der Waals surface area contributed by atoms with Crippen LogP contribution in [-0.4, -0.2) is 36.4 Å². The predicted molar refractivity (Wildman–Crippen MR) is 82.8 cm³/mol. The summed E-state index contributed by atoms with van der Waals surface area (Å²) in [7, 11) is 0. The molecule has 0 saturated heterocycles. The molecular weight excluding hydrogens is 396 g/mol. The largest absolute Gasteiger partial charge is 0.448 e. The molecule has 1 aromatic rings. The lowest BCUT2D eigenvalue weighted by molar-refractivity contribution is -0.149. The van der Waals surface area contributed by atoms with Crippen LogP contribution in [0.3, 0.4) is 0 Å². The number of halogens is 5. The Balaban J connectivity index is 2.28. The fourth-order valence-electron chi connectivity index (χ4n) is 2.65. The number of benzene rings is 1. The third-order valence-corrected chi connectivity index (χ3v) is 4.39. The van der Waals surface area contributed by atoms with Gasteiger partial charge in [-0.1, -0.05) is 12.1 Å². The lowest BCUT2D eigenvalue weighted by Crippen LogP contribution is -2.37. The summed E-state index contributed by atoms with van der Waals surface area (Å²) in [6.45, 7) is -0.0872. The molecule has 1 aromatic carbocycles. The van der Waals surface area contributed by atoms with Gasteiger partial charge in [0, 0.05) is 24.2 Å². The van der Waals surface area contributed by atoms with E-state index in [1.54, 1.807) is 4.90 Å². The van der Waals surface area contributed by atoms with E-state index in [4.69, 9.17) is 5.73 Å². The minimum atomic E-state index is -4.46. The van der Waals surface area contributed by atoms with Gasteiger partial charge in [0.2, 0.25) is 0 Å². The molecule has 2 rings (SSSR count). The Hall–Kier alpha value is -1.35. The molecule has 9 heteroatoms. The summed E-state index contributed by atoms with van der Waals surface area (Å²) < 4.78 is 58.3. The van der Waals surface area contributed by atoms with Crippen LogP contribution in [0.5, 0.6) is 0 Å². The van der Waals surface area contributed by atoms with Gasteiger partial charge in [-0.05, 0) is 34.8 Å². The molecule has 0 aliphatic heterocycles. The monoisotopic (exact) mass is 412 g/mol. The molecule has 1 amide bonds. The Kier molecular flexibility index (Phi) is 6.08. The van der Waals surface area contributed by atoms with Crippen molar-refractivity contribution in [2.45, 2.75) is 37.5 Å². The Morgan fingerprint density at radius 3 is 2.62 bits per heavy atom. The van der Waals surface area contributed by atoms with Crippen molar-refractivity contribution in [3.05, 3.63) is 34.1 Å². The number of nitrogens with two attached hydrogens (primary N) is 1. The molecule has 0 spiro atoms. The first-order chi connectivity index (χ1) is 11.2. The van der Waals surface area contributed by atoms with Crippen molar-refractivity contribution in [3.8, 4) is 0 Å². The van der Waals surface area contributed by atoms with Gasteiger partial charge in [0.05, 0.1) is 10.9 Å². The summed E-state index contributed by atoms with van der Waals surface area (Å²) in [6.07, 6.45) is -5.20. The number of hydrogen-bond acceptors (Lipinski definition) is 3. The average molecular weight is 413 g/mol. The summed E-state index contributed by atoms with van der Waals surface area (Å²) in [5.41, 5.74) is 4.84. The van der Waals surface area contributed by atoms with Crippen molar-refractivity contribution in [1.82, 2.24) is 4.90 Å². The van der Waals surface area contributed by atoms with Crippen molar-refractivity contribution >= 4 is 22.0 Å². The molecule has 1 fully saturated rings. The maximum Gasteiger partial charge on any atom is 0.404 e. The third kappa shape index (κ3) is 5.34. The fraction of sp³-hybridized carbons (Fsp3) is 0.533. The number of alkyl halides is 3. The minimum Gasteiger partial charge on any atom is -0.448 e. The molecule has 1 aliphatic carbocycles. The molecule has 0 radical (unpaired) electrons. The highest BCUT2D eigenvalue weighted by molar-refractivity contribution is 9.10. The number of hydrogen-bond donors (Lipinski definition) is 1. The predicted octanol–water partition coefficient (Wildman–Crippen LogP) is 4.14. The van der Waals surface area contributed by atoms with Crippen molar-refractivity contribution in [3.63, 3.8) is 0 Å². The number of nitrogens with zero attached hydrogens (tertiary/aromatic N) is 1. The normalized spacial score (nSPS) is 16.2. The van der Waals surface area contributed by atoms with E-state index in [0.29, 0.717) is 0 Å². The van der Waals surface area contributed by atoms with Gasteiger partial charge < -0.3 is 10.5 Å². The standard InChI is InChI=1S/C15H17BrF4N2O2/c16-11-3-1-2-10(13(11)17)12(8-15(18,19)20)22(9-4-5-9)6-7-24-14(21)23/h1-3,9,12H,4-8H2,(H2,21,23). The maximum absolute atomic E-state index is 14.4. The number of carbonyl (C=O) groups is 1. The van der Waals surface area contributed by atoms with Gasteiger partial charge in [-0.25, -0.2) is 9.18 Å². The summed E-state index contributed by atoms with van der Waals surface area (Å²) >= 11 is 3.01. The molecule has 0 aromatic heterocycles. The fourth-order valence-corrected chi connectivity index (χ4v) is 3.04. The van der Waals surface area contributed by atoms with Gasteiger partial charge in [0.25, 0.3) is 0 Å². The number of primary amides is 1. The van der Waals surface area contributed by atoms with Crippen LogP contribution in [0.25, 0.3) is 0 Å². The van der Waals surface area contributed by atoms with Gasteiger partial charge >= 0.3 is 12.3 Å². The van der Waals surface area contributed by atoms with Crippen LogP contribution in [0.2, 0.25) is 0 Å². The lowest BCUT2D eigenvalue weighted by Gasteiger charge is -2.33. The zero-order chi connectivity index (χ0) is 17.9. The Morgan fingerprint density at radius 1 is 1.42 bits per heavy atom. The molecule has 0 bridgehead atoms. The van der Waals surface area contributed by atoms with Gasteiger partial charge in [-0.2, -0.15) is 13.2 Å². The maximum atomic E-state index is 14.4. The quantitative estimate of drug-likeness (QED) is 0.684. The van der Waals surface area contributed by atoms with Crippen LogP contribution in [0.4, 0.5) is 22.4 Å². The highest BCUT2D eigenvalue weighted by Gasteiger charge is 2.41. The van der Waals surface area contributed by atoms with Gasteiger partial charge in [0.15, 0.2) is 0 Å².